The molecule has 9 atom stereocenters. The molecule has 3 rings (SSSR count). The molecule has 0 bridgehead atoms. The van der Waals surface area contributed by atoms with Gasteiger partial charge in [0.1, 0.15) is 48.8 Å². The second kappa shape index (κ2) is 7.62. The Labute approximate surface area is 156 Å². The van der Waals surface area contributed by atoms with Crippen molar-refractivity contribution in [3.05, 3.63) is 33.1 Å². The fourth-order valence-corrected chi connectivity index (χ4v) is 3.68. The lowest BCUT2D eigenvalue weighted by Gasteiger charge is -2.48. The minimum atomic E-state index is -2.41. The number of H-pyrrole nitrogens is 1. The number of ether oxygens (including phenoxy) is 2. The highest BCUT2D eigenvalue weighted by Crippen LogP contribution is 2.42. The molecule has 0 radical (unpaired) electrons. The third-order valence-electron chi connectivity index (χ3n) is 5.15. The van der Waals surface area contributed by atoms with Crippen LogP contribution in [0.15, 0.2) is 21.9 Å². The molecule has 2 aliphatic heterocycles. The lowest BCUT2D eigenvalue weighted by atomic mass is 9.86. The Bertz CT molecular complexity index is 810. The van der Waals surface area contributed by atoms with E-state index >= 15 is 0 Å². The zero-order valence-electron chi connectivity index (χ0n) is 14.4. The number of nitrogens with one attached hydrogen (secondary N) is 1. The molecule has 8 N–H and O–H groups in total. The summed E-state index contributed by atoms with van der Waals surface area (Å²) >= 11 is 0. The Kier molecular flexibility index (Phi) is 5.73. The van der Waals surface area contributed by atoms with Gasteiger partial charge in [-0.25, -0.2) is 4.79 Å². The first-order chi connectivity index (χ1) is 13.2. The standard InChI is InChI=1S/C15H22N2O11/c18-3-5-8(21)10(23)11(24)13(27-5)15(12(25)9(22)6(4-19)28-15)17-2-1-7(20)16-14(17)26/h1-2,5-6,8-13,18-19,21-25H,3-4H2,(H,16,20,26)/t5-,6-,8-,9-,10+,11+,12-,13?,15+/m1/s1. The maximum absolute atomic E-state index is 12.4. The number of aromatic nitrogens is 2. The Hall–Kier alpha value is -1.68. The summed E-state index contributed by atoms with van der Waals surface area (Å²) in [6, 6.07) is 0.905. The smallest absolute Gasteiger partial charge is 0.330 e. The molecule has 0 spiro atoms. The molecule has 0 saturated carbocycles. The average Bonchev–Trinajstić information content (AvgIpc) is 2.92. The van der Waals surface area contributed by atoms with Gasteiger partial charge in [-0.05, 0) is 0 Å². The summed E-state index contributed by atoms with van der Waals surface area (Å²) in [5.41, 5.74) is -4.30. The lowest BCUT2D eigenvalue weighted by Crippen LogP contribution is -2.69. The van der Waals surface area contributed by atoms with Crippen LogP contribution in [0.2, 0.25) is 0 Å². The first-order valence-corrected chi connectivity index (χ1v) is 8.46. The van der Waals surface area contributed by atoms with Crippen molar-refractivity contribution in [3.63, 3.8) is 0 Å². The largest absolute Gasteiger partial charge is 0.394 e. The Morgan fingerprint density at radius 1 is 0.964 bits per heavy atom. The van der Waals surface area contributed by atoms with Crippen LogP contribution < -0.4 is 11.2 Å². The van der Waals surface area contributed by atoms with Gasteiger partial charge in [-0.3, -0.25) is 14.3 Å². The number of aliphatic hydroxyl groups is 7. The summed E-state index contributed by atoms with van der Waals surface area (Å²) < 4.78 is 11.6. The van der Waals surface area contributed by atoms with Crippen molar-refractivity contribution >= 4 is 0 Å². The van der Waals surface area contributed by atoms with E-state index in [9.17, 15) is 45.3 Å². The fourth-order valence-electron chi connectivity index (χ4n) is 3.68. The quantitative estimate of drug-likeness (QED) is 0.236. The summed E-state index contributed by atoms with van der Waals surface area (Å²) in [4.78, 5) is 25.7. The Balaban J connectivity index is 2.20. The van der Waals surface area contributed by atoms with E-state index in [0.717, 1.165) is 12.3 Å². The maximum Gasteiger partial charge on any atom is 0.330 e. The van der Waals surface area contributed by atoms with Gasteiger partial charge in [0, 0.05) is 12.3 Å². The molecule has 1 aromatic heterocycles. The van der Waals surface area contributed by atoms with Crippen molar-refractivity contribution in [2.75, 3.05) is 13.2 Å². The highest BCUT2D eigenvalue weighted by atomic mass is 16.6. The number of hydrogen-bond donors (Lipinski definition) is 8. The molecule has 158 valence electrons. The van der Waals surface area contributed by atoms with Crippen molar-refractivity contribution in [2.45, 2.75) is 54.6 Å². The van der Waals surface area contributed by atoms with Crippen LogP contribution in [-0.2, 0) is 15.2 Å². The van der Waals surface area contributed by atoms with Gasteiger partial charge in [-0.1, -0.05) is 0 Å². The van der Waals surface area contributed by atoms with Crippen LogP contribution >= 0.6 is 0 Å². The Morgan fingerprint density at radius 3 is 2.14 bits per heavy atom. The van der Waals surface area contributed by atoms with Gasteiger partial charge >= 0.3 is 5.69 Å². The summed E-state index contributed by atoms with van der Waals surface area (Å²) in [7, 11) is 0. The summed E-state index contributed by atoms with van der Waals surface area (Å²) in [5, 5.41) is 70.3. The second-order valence-corrected chi connectivity index (χ2v) is 6.76. The number of rotatable bonds is 4. The van der Waals surface area contributed by atoms with Gasteiger partial charge in [0.2, 0.25) is 5.72 Å². The maximum atomic E-state index is 12.4. The average molecular weight is 406 g/mol. The van der Waals surface area contributed by atoms with Gasteiger partial charge in [0.05, 0.1) is 13.2 Å². The molecule has 2 fully saturated rings. The molecule has 28 heavy (non-hydrogen) atoms. The van der Waals surface area contributed by atoms with E-state index in [-0.39, 0.29) is 0 Å². The van der Waals surface area contributed by atoms with Gasteiger partial charge in [0.15, 0.2) is 0 Å². The van der Waals surface area contributed by atoms with Crippen LogP contribution in [0.4, 0.5) is 0 Å². The van der Waals surface area contributed by atoms with Crippen molar-refractivity contribution in [1.82, 2.24) is 9.55 Å². The van der Waals surface area contributed by atoms with Crippen molar-refractivity contribution in [2.24, 2.45) is 0 Å². The summed E-state index contributed by atoms with van der Waals surface area (Å²) in [6.07, 6.45) is -13.0. The van der Waals surface area contributed by atoms with E-state index in [1.807, 2.05) is 4.98 Å². The Morgan fingerprint density at radius 2 is 1.61 bits per heavy atom. The van der Waals surface area contributed by atoms with E-state index in [1.54, 1.807) is 0 Å². The van der Waals surface area contributed by atoms with Crippen LogP contribution in [0.5, 0.6) is 0 Å². The summed E-state index contributed by atoms with van der Waals surface area (Å²) in [6.45, 7) is -1.57. The van der Waals surface area contributed by atoms with Crippen LogP contribution in [-0.4, -0.2) is 107 Å². The van der Waals surface area contributed by atoms with E-state index in [4.69, 9.17) is 9.47 Å². The number of aliphatic hydroxyl groups excluding tert-OH is 7. The minimum Gasteiger partial charge on any atom is -0.394 e. The predicted octanol–water partition coefficient (Wildman–Crippen LogP) is -5.86. The first kappa shape index (κ1) is 21.0. The van der Waals surface area contributed by atoms with E-state index in [2.05, 4.69) is 0 Å². The lowest BCUT2D eigenvalue weighted by molar-refractivity contribution is -0.310. The van der Waals surface area contributed by atoms with E-state index in [1.165, 1.54) is 0 Å². The van der Waals surface area contributed by atoms with E-state index in [0.29, 0.717) is 4.57 Å². The molecule has 2 saturated heterocycles. The van der Waals surface area contributed by atoms with Crippen molar-refractivity contribution in [1.29, 1.82) is 0 Å². The third kappa shape index (κ3) is 3.01. The zero-order chi connectivity index (χ0) is 20.8. The SMILES string of the molecule is O=c1ccn([C@]2(C3O[C@H](CO)[C@@H](O)[C@H](O)[C@@H]3O)O[C@H](CO)[C@@H](O)[C@H]2O)c(=O)[nH]1. The normalized spacial score (nSPS) is 44.0. The summed E-state index contributed by atoms with van der Waals surface area (Å²) in [5.74, 6) is 0. The van der Waals surface area contributed by atoms with Gasteiger partial charge in [-0.15, -0.1) is 0 Å². The highest BCUT2D eigenvalue weighted by Gasteiger charge is 2.65. The van der Waals surface area contributed by atoms with Crippen molar-refractivity contribution in [3.8, 4) is 0 Å². The number of aromatic amines is 1. The molecule has 13 heteroatoms. The molecule has 13 nitrogen and oxygen atoms in total. The van der Waals surface area contributed by atoms with E-state index < -0.39 is 79.0 Å². The molecule has 0 aromatic carbocycles. The zero-order valence-corrected chi connectivity index (χ0v) is 14.4. The fraction of sp³-hybridized carbons (Fsp3) is 0.733. The monoisotopic (exact) mass is 406 g/mol. The van der Waals surface area contributed by atoms with Crippen LogP contribution in [0, 0.1) is 0 Å². The van der Waals surface area contributed by atoms with Gasteiger partial charge < -0.3 is 45.2 Å². The molecular formula is C15H22N2O11. The van der Waals surface area contributed by atoms with Crippen LogP contribution in [0.3, 0.4) is 0 Å². The minimum absolute atomic E-state index is 0.644. The first-order valence-electron chi connectivity index (χ1n) is 8.46. The van der Waals surface area contributed by atoms with Crippen LogP contribution in [0.25, 0.3) is 0 Å². The molecule has 0 aliphatic carbocycles. The highest BCUT2D eigenvalue weighted by molar-refractivity contribution is 5.10. The predicted molar refractivity (Wildman–Crippen MR) is 87.0 cm³/mol. The molecule has 0 amide bonds. The topological polar surface area (TPSA) is 215 Å². The van der Waals surface area contributed by atoms with Crippen LogP contribution in [0.1, 0.15) is 0 Å². The number of hydrogen-bond acceptors (Lipinski definition) is 11. The molecule has 2 aliphatic rings. The molecular weight excluding hydrogens is 384 g/mol. The molecule has 1 aromatic rings. The molecule has 1 unspecified atom stereocenters. The van der Waals surface area contributed by atoms with Gasteiger partial charge in [0.25, 0.3) is 5.56 Å². The number of nitrogens with zero attached hydrogens (tertiary/aromatic N) is 1. The second-order valence-electron chi connectivity index (χ2n) is 6.76. The van der Waals surface area contributed by atoms with Gasteiger partial charge in [-0.2, -0.15) is 0 Å². The third-order valence-corrected chi connectivity index (χ3v) is 5.15. The van der Waals surface area contributed by atoms with Crippen molar-refractivity contribution < 1.29 is 45.2 Å². The molecule has 3 heterocycles.